The van der Waals surface area contributed by atoms with Gasteiger partial charge in [-0.3, -0.25) is 9.89 Å². The standard InChI is InChI=1S/C11H9ClN4OS/c12-6-1-2-7(10(13)18)9(5-6)15-11(17)8-3-4-14-16-8/h1-5H,(H2,13,18)(H,14,16)(H,15,17). The Labute approximate surface area is 113 Å². The molecule has 1 aromatic heterocycles. The van der Waals surface area contributed by atoms with Crippen LogP contribution in [0.15, 0.2) is 30.5 Å². The molecule has 0 aliphatic rings. The summed E-state index contributed by atoms with van der Waals surface area (Å²) in [5.41, 5.74) is 6.94. The maximum atomic E-state index is 11.9. The molecule has 0 radical (unpaired) electrons. The lowest BCUT2D eigenvalue weighted by molar-refractivity contribution is 0.102. The SMILES string of the molecule is NC(=S)c1ccc(Cl)cc1NC(=O)c1ccn[nH]1. The van der Waals surface area contributed by atoms with Crippen LogP contribution in [0.25, 0.3) is 0 Å². The summed E-state index contributed by atoms with van der Waals surface area (Å²) in [6, 6.07) is 6.46. The number of rotatable bonds is 3. The van der Waals surface area contributed by atoms with E-state index in [1.54, 1.807) is 24.3 Å². The van der Waals surface area contributed by atoms with Gasteiger partial charge in [-0.1, -0.05) is 23.8 Å². The number of nitrogens with one attached hydrogen (secondary N) is 2. The topological polar surface area (TPSA) is 83.8 Å². The van der Waals surface area contributed by atoms with Crippen molar-refractivity contribution in [3.05, 3.63) is 46.7 Å². The molecule has 0 bridgehead atoms. The van der Waals surface area contributed by atoms with E-state index in [0.29, 0.717) is 22.0 Å². The van der Waals surface area contributed by atoms with Crippen LogP contribution in [0.3, 0.4) is 0 Å². The van der Waals surface area contributed by atoms with Gasteiger partial charge in [-0.25, -0.2) is 0 Å². The normalized spacial score (nSPS) is 10.1. The molecule has 0 saturated carbocycles. The zero-order valence-electron chi connectivity index (χ0n) is 9.11. The second-order valence-corrected chi connectivity index (χ2v) is 4.35. The summed E-state index contributed by atoms with van der Waals surface area (Å²) in [5, 5.41) is 9.41. The monoisotopic (exact) mass is 280 g/mol. The van der Waals surface area contributed by atoms with Crippen LogP contribution >= 0.6 is 23.8 Å². The van der Waals surface area contributed by atoms with E-state index >= 15 is 0 Å². The van der Waals surface area contributed by atoms with Crippen molar-refractivity contribution in [3.63, 3.8) is 0 Å². The number of carbonyl (C=O) groups excluding carboxylic acids is 1. The Morgan fingerprint density at radius 2 is 2.22 bits per heavy atom. The number of thiocarbonyl (C=S) groups is 1. The van der Waals surface area contributed by atoms with Crippen molar-refractivity contribution in [1.29, 1.82) is 0 Å². The van der Waals surface area contributed by atoms with E-state index in [1.807, 2.05) is 0 Å². The van der Waals surface area contributed by atoms with Crippen LogP contribution in [0.4, 0.5) is 5.69 Å². The van der Waals surface area contributed by atoms with Crippen LogP contribution < -0.4 is 11.1 Å². The molecule has 0 unspecified atom stereocenters. The second-order valence-electron chi connectivity index (χ2n) is 3.48. The van der Waals surface area contributed by atoms with Gasteiger partial charge in [-0.15, -0.1) is 0 Å². The van der Waals surface area contributed by atoms with E-state index in [2.05, 4.69) is 15.5 Å². The van der Waals surface area contributed by atoms with Crippen molar-refractivity contribution in [2.45, 2.75) is 0 Å². The first kappa shape index (κ1) is 12.5. The Morgan fingerprint density at radius 1 is 1.44 bits per heavy atom. The van der Waals surface area contributed by atoms with Gasteiger partial charge in [0.1, 0.15) is 10.7 Å². The first-order valence-electron chi connectivity index (χ1n) is 4.98. The van der Waals surface area contributed by atoms with E-state index in [4.69, 9.17) is 29.6 Å². The van der Waals surface area contributed by atoms with Crippen LogP contribution in [0.2, 0.25) is 5.02 Å². The maximum absolute atomic E-state index is 11.9. The number of nitrogens with zero attached hydrogens (tertiary/aromatic N) is 1. The van der Waals surface area contributed by atoms with Gasteiger partial charge in [0.15, 0.2) is 0 Å². The fraction of sp³-hybridized carbons (Fsp3) is 0. The molecule has 1 aromatic carbocycles. The average molecular weight is 281 g/mol. The first-order chi connectivity index (χ1) is 8.58. The van der Waals surface area contributed by atoms with Gasteiger partial charge in [0.25, 0.3) is 5.91 Å². The number of nitrogens with two attached hydrogens (primary N) is 1. The first-order valence-corrected chi connectivity index (χ1v) is 5.76. The highest BCUT2D eigenvalue weighted by atomic mass is 35.5. The van der Waals surface area contributed by atoms with E-state index in [9.17, 15) is 4.79 Å². The van der Waals surface area contributed by atoms with Crippen molar-refractivity contribution < 1.29 is 4.79 Å². The molecule has 1 heterocycles. The van der Waals surface area contributed by atoms with E-state index in [-0.39, 0.29) is 10.9 Å². The Balaban J connectivity index is 2.31. The van der Waals surface area contributed by atoms with Gasteiger partial charge in [0, 0.05) is 16.8 Å². The van der Waals surface area contributed by atoms with Crippen LogP contribution in [-0.2, 0) is 0 Å². The van der Waals surface area contributed by atoms with Crippen LogP contribution in [0, 0.1) is 0 Å². The van der Waals surface area contributed by atoms with Crippen LogP contribution in [0.5, 0.6) is 0 Å². The second kappa shape index (κ2) is 5.16. The summed E-state index contributed by atoms with van der Waals surface area (Å²) >= 11 is 10.8. The zero-order chi connectivity index (χ0) is 13.1. The number of halogens is 1. The molecular weight excluding hydrogens is 272 g/mol. The molecule has 0 aliphatic heterocycles. The van der Waals surface area contributed by atoms with Gasteiger partial charge in [0.2, 0.25) is 0 Å². The highest BCUT2D eigenvalue weighted by Gasteiger charge is 2.12. The summed E-state index contributed by atoms with van der Waals surface area (Å²) in [4.78, 5) is 12.0. The van der Waals surface area contributed by atoms with Crippen LogP contribution in [0.1, 0.15) is 16.1 Å². The summed E-state index contributed by atoms with van der Waals surface area (Å²) in [5.74, 6) is -0.340. The molecule has 0 spiro atoms. The lowest BCUT2D eigenvalue weighted by atomic mass is 10.1. The predicted octanol–water partition coefficient (Wildman–Crippen LogP) is 1.95. The maximum Gasteiger partial charge on any atom is 0.273 e. The average Bonchev–Trinajstić information content (AvgIpc) is 2.81. The fourth-order valence-corrected chi connectivity index (χ4v) is 1.76. The van der Waals surface area contributed by atoms with Gasteiger partial charge in [0.05, 0.1) is 5.69 Å². The molecule has 0 aliphatic carbocycles. The molecule has 0 fully saturated rings. The largest absolute Gasteiger partial charge is 0.389 e. The lowest BCUT2D eigenvalue weighted by Gasteiger charge is -2.09. The molecule has 92 valence electrons. The molecule has 0 saturated heterocycles. The summed E-state index contributed by atoms with van der Waals surface area (Å²) in [6.07, 6.45) is 1.49. The molecule has 2 aromatic rings. The minimum absolute atomic E-state index is 0.187. The Hall–Kier alpha value is -1.92. The predicted molar refractivity (Wildman–Crippen MR) is 73.9 cm³/mol. The number of aromatic amines is 1. The van der Waals surface area contributed by atoms with Crippen molar-refractivity contribution in [2.75, 3.05) is 5.32 Å². The third-order valence-electron chi connectivity index (χ3n) is 2.24. The van der Waals surface area contributed by atoms with E-state index in [1.165, 1.54) is 6.20 Å². The number of carbonyl (C=O) groups is 1. The summed E-state index contributed by atoms with van der Waals surface area (Å²) in [7, 11) is 0. The number of anilines is 1. The smallest absolute Gasteiger partial charge is 0.273 e. The number of amides is 1. The van der Waals surface area contributed by atoms with Crippen molar-refractivity contribution >= 4 is 40.4 Å². The molecule has 2 rings (SSSR count). The summed E-state index contributed by atoms with van der Waals surface area (Å²) in [6.45, 7) is 0. The number of benzene rings is 1. The third kappa shape index (κ3) is 2.66. The van der Waals surface area contributed by atoms with Crippen molar-refractivity contribution in [2.24, 2.45) is 5.73 Å². The molecule has 5 nitrogen and oxygen atoms in total. The molecule has 7 heteroatoms. The minimum Gasteiger partial charge on any atom is -0.389 e. The lowest BCUT2D eigenvalue weighted by Crippen LogP contribution is -2.17. The van der Waals surface area contributed by atoms with Gasteiger partial charge in [-0.05, 0) is 24.3 Å². The minimum atomic E-state index is -0.340. The van der Waals surface area contributed by atoms with Crippen molar-refractivity contribution in [1.82, 2.24) is 10.2 Å². The van der Waals surface area contributed by atoms with E-state index < -0.39 is 0 Å². The Morgan fingerprint density at radius 3 is 2.83 bits per heavy atom. The molecular formula is C11H9ClN4OS. The number of hydrogen-bond donors (Lipinski definition) is 3. The Bertz CT molecular complexity index is 597. The van der Waals surface area contributed by atoms with Gasteiger partial charge in [-0.2, -0.15) is 5.10 Å². The fourth-order valence-electron chi connectivity index (χ4n) is 1.41. The van der Waals surface area contributed by atoms with Gasteiger partial charge < -0.3 is 11.1 Å². The molecule has 4 N–H and O–H groups in total. The number of aromatic nitrogens is 2. The highest BCUT2D eigenvalue weighted by molar-refractivity contribution is 7.80. The van der Waals surface area contributed by atoms with Gasteiger partial charge >= 0.3 is 0 Å². The quantitative estimate of drug-likeness (QED) is 0.751. The third-order valence-corrected chi connectivity index (χ3v) is 2.70. The number of hydrogen-bond acceptors (Lipinski definition) is 3. The summed E-state index contributed by atoms with van der Waals surface area (Å²) < 4.78 is 0. The Kier molecular flexibility index (Phi) is 3.59. The van der Waals surface area contributed by atoms with Crippen LogP contribution in [-0.4, -0.2) is 21.1 Å². The molecule has 18 heavy (non-hydrogen) atoms. The molecule has 0 atom stereocenters. The van der Waals surface area contributed by atoms with Crippen molar-refractivity contribution in [3.8, 4) is 0 Å². The zero-order valence-corrected chi connectivity index (χ0v) is 10.7. The number of H-pyrrole nitrogens is 1. The molecule has 1 amide bonds. The van der Waals surface area contributed by atoms with E-state index in [0.717, 1.165) is 0 Å². The highest BCUT2D eigenvalue weighted by Crippen LogP contribution is 2.21.